The number of hydrogen-bond donors (Lipinski definition) is 3. The average Bonchev–Trinajstić information content (AvgIpc) is 3.45. The molecule has 230 valence electrons. The molecule has 0 saturated heterocycles. The Morgan fingerprint density at radius 2 is 1.78 bits per heavy atom. The monoisotopic (exact) mass is 644 g/mol. The van der Waals surface area contributed by atoms with Gasteiger partial charge in [-0.15, -0.1) is 0 Å². The van der Waals surface area contributed by atoms with Crippen molar-refractivity contribution in [1.82, 2.24) is 10.9 Å². The number of ether oxygens (including phenoxy) is 2. The Balaban J connectivity index is 1.53. The summed E-state index contributed by atoms with van der Waals surface area (Å²) in [7, 11) is 0. The summed E-state index contributed by atoms with van der Waals surface area (Å²) in [6.07, 6.45) is -0.252. The van der Waals surface area contributed by atoms with Crippen LogP contribution in [0.15, 0.2) is 107 Å². The zero-order chi connectivity index (χ0) is 31.6. The molecule has 0 aliphatic carbocycles. The molecule has 1 aliphatic heterocycles. The van der Waals surface area contributed by atoms with Crippen molar-refractivity contribution in [2.75, 3.05) is 13.2 Å². The smallest absolute Gasteiger partial charge is 0.266 e. The summed E-state index contributed by atoms with van der Waals surface area (Å²) in [5, 5.41) is 13.7. The van der Waals surface area contributed by atoms with Crippen molar-refractivity contribution in [3.05, 3.63) is 140 Å². The number of halogens is 2. The molecular weight excluding hydrogens is 615 g/mol. The van der Waals surface area contributed by atoms with Gasteiger partial charge in [-0.2, -0.15) is 0 Å². The Labute approximate surface area is 270 Å². The van der Waals surface area contributed by atoms with E-state index in [0.717, 1.165) is 11.1 Å². The fraction of sp³-hybridized carbons (Fsp3) is 0.212. The fourth-order valence-electron chi connectivity index (χ4n) is 4.99. The van der Waals surface area contributed by atoms with E-state index in [-0.39, 0.29) is 25.5 Å². The van der Waals surface area contributed by atoms with Crippen LogP contribution in [0.2, 0.25) is 10.0 Å². The van der Waals surface area contributed by atoms with Crippen LogP contribution in [0.25, 0.3) is 10.4 Å². The van der Waals surface area contributed by atoms with Crippen LogP contribution in [-0.2, 0) is 22.5 Å². The highest BCUT2D eigenvalue weighted by Crippen LogP contribution is 2.43. The van der Waals surface area contributed by atoms with Gasteiger partial charge in [0.25, 0.3) is 5.91 Å². The molecule has 4 aromatic rings. The van der Waals surface area contributed by atoms with Gasteiger partial charge in [0, 0.05) is 42.2 Å². The van der Waals surface area contributed by atoms with Gasteiger partial charge in [-0.25, -0.2) is 10.4 Å². The minimum atomic E-state index is -1.52. The highest BCUT2D eigenvalue weighted by molar-refractivity contribution is 6.42. The number of aliphatic hydroxyl groups excluding tert-OH is 1. The number of carbonyl (C=O) groups is 1. The number of amides is 1. The number of benzene rings is 4. The van der Waals surface area contributed by atoms with Crippen LogP contribution in [0.5, 0.6) is 5.75 Å². The standard InChI is InChI=1S/C33H30Cl2N6O4/c34-27-16-11-22(19-28(27)35)21-37-40-32(43)33(20-25-9-4-5-10-29(25)39-41-36)30(23-7-2-1-3-8-23)45-31(38-33)24-12-14-26(15-13-24)44-18-6-17-42/h1-5,7-16,19,30,37,42H,6,17-18,20-21H2,(H,40,43)/t30-,33-/m0/s1. The minimum Gasteiger partial charge on any atom is -0.494 e. The van der Waals surface area contributed by atoms with E-state index < -0.39 is 17.6 Å². The van der Waals surface area contributed by atoms with E-state index >= 15 is 0 Å². The lowest BCUT2D eigenvalue weighted by atomic mass is 9.81. The number of rotatable bonds is 13. The Hall–Kier alpha value is -4.57. The number of nitrogens with one attached hydrogen (secondary N) is 2. The normalized spacial score (nSPS) is 17.1. The van der Waals surface area contributed by atoms with E-state index in [9.17, 15) is 10.3 Å². The number of hydrogen-bond acceptors (Lipinski definition) is 7. The lowest BCUT2D eigenvalue weighted by Gasteiger charge is -2.31. The van der Waals surface area contributed by atoms with E-state index in [0.29, 0.717) is 45.6 Å². The van der Waals surface area contributed by atoms with E-state index in [4.69, 9.17) is 42.8 Å². The zero-order valence-electron chi connectivity index (χ0n) is 24.1. The lowest BCUT2D eigenvalue weighted by molar-refractivity contribution is -0.130. The molecule has 1 heterocycles. The summed E-state index contributed by atoms with van der Waals surface area (Å²) in [6, 6.07) is 28.8. The van der Waals surface area contributed by atoms with Crippen LogP contribution in [0.3, 0.4) is 0 Å². The van der Waals surface area contributed by atoms with E-state index in [1.165, 1.54) is 0 Å². The second-order valence-electron chi connectivity index (χ2n) is 10.3. The first-order valence-electron chi connectivity index (χ1n) is 14.2. The average molecular weight is 646 g/mol. The molecule has 5 rings (SSSR count). The van der Waals surface area contributed by atoms with E-state index in [2.05, 4.69) is 20.9 Å². The van der Waals surface area contributed by atoms with Crippen molar-refractivity contribution >= 4 is 40.7 Å². The largest absolute Gasteiger partial charge is 0.494 e. The Morgan fingerprint density at radius 3 is 2.51 bits per heavy atom. The summed E-state index contributed by atoms with van der Waals surface area (Å²) in [4.78, 5) is 22.3. The summed E-state index contributed by atoms with van der Waals surface area (Å²) < 4.78 is 12.2. The minimum absolute atomic E-state index is 0.0405. The first kappa shape index (κ1) is 31.8. The summed E-state index contributed by atoms with van der Waals surface area (Å²) in [5.74, 6) is 0.446. The third-order valence-electron chi connectivity index (χ3n) is 7.21. The van der Waals surface area contributed by atoms with Crippen LogP contribution in [0.1, 0.15) is 34.8 Å². The van der Waals surface area contributed by atoms with Gasteiger partial charge in [0.1, 0.15) is 5.75 Å². The number of nitrogens with zero attached hydrogens (tertiary/aromatic N) is 4. The van der Waals surface area contributed by atoms with Gasteiger partial charge in [-0.3, -0.25) is 10.2 Å². The summed E-state index contributed by atoms with van der Waals surface area (Å²) >= 11 is 12.2. The quantitative estimate of drug-likeness (QED) is 0.0471. The molecule has 0 aromatic heterocycles. The SMILES string of the molecule is [N-]=[N+]=Nc1ccccc1C[C@]1(C(=O)NNCc2ccc(Cl)c(Cl)c2)N=C(c2ccc(OCCCO)cc2)O[C@H]1c1ccccc1. The molecule has 2 atom stereocenters. The van der Waals surface area contributed by atoms with Crippen molar-refractivity contribution in [3.63, 3.8) is 0 Å². The Bertz CT molecular complexity index is 1710. The molecule has 0 fully saturated rings. The first-order chi connectivity index (χ1) is 21.9. The van der Waals surface area contributed by atoms with Gasteiger partial charge in [0.05, 0.1) is 16.7 Å². The van der Waals surface area contributed by atoms with Crippen LogP contribution < -0.4 is 15.6 Å². The highest BCUT2D eigenvalue weighted by Gasteiger charge is 2.53. The van der Waals surface area contributed by atoms with Crippen LogP contribution in [0.4, 0.5) is 5.69 Å². The van der Waals surface area contributed by atoms with Crippen LogP contribution in [0, 0.1) is 0 Å². The maximum Gasteiger partial charge on any atom is 0.266 e. The van der Waals surface area contributed by atoms with E-state index in [1.54, 1.807) is 60.7 Å². The third-order valence-corrected chi connectivity index (χ3v) is 7.95. The second-order valence-corrected chi connectivity index (χ2v) is 11.1. The molecule has 1 amide bonds. The van der Waals surface area contributed by atoms with Crippen molar-refractivity contribution in [2.24, 2.45) is 10.1 Å². The van der Waals surface area contributed by atoms with Crippen molar-refractivity contribution in [1.29, 1.82) is 0 Å². The third kappa shape index (κ3) is 7.57. The molecule has 0 unspecified atom stereocenters. The molecule has 12 heteroatoms. The maximum absolute atomic E-state index is 14.4. The number of aliphatic hydroxyl groups is 1. The first-order valence-corrected chi connectivity index (χ1v) is 14.9. The van der Waals surface area contributed by atoms with Crippen molar-refractivity contribution < 1.29 is 19.4 Å². The molecule has 10 nitrogen and oxygen atoms in total. The molecule has 0 saturated carbocycles. The van der Waals surface area contributed by atoms with Gasteiger partial charge in [-0.05, 0) is 58.6 Å². The van der Waals surface area contributed by atoms with Crippen LogP contribution in [-0.4, -0.2) is 35.7 Å². The van der Waals surface area contributed by atoms with Gasteiger partial charge in [0.15, 0.2) is 11.6 Å². The Kier molecular flexibility index (Phi) is 10.6. The van der Waals surface area contributed by atoms with Crippen LogP contribution >= 0.6 is 23.2 Å². The summed E-state index contributed by atoms with van der Waals surface area (Å²) in [5.41, 5.74) is 16.7. The van der Waals surface area contributed by atoms with Crippen molar-refractivity contribution in [3.8, 4) is 5.75 Å². The molecular formula is C33H30Cl2N6O4. The zero-order valence-corrected chi connectivity index (χ0v) is 25.6. The number of hydrazine groups is 1. The van der Waals surface area contributed by atoms with Gasteiger partial charge in [-0.1, -0.05) is 89.0 Å². The summed E-state index contributed by atoms with van der Waals surface area (Å²) in [6.45, 7) is 0.685. The highest BCUT2D eigenvalue weighted by atomic mass is 35.5. The van der Waals surface area contributed by atoms with E-state index in [1.807, 2.05) is 36.4 Å². The fourth-order valence-corrected chi connectivity index (χ4v) is 5.31. The molecule has 0 radical (unpaired) electrons. The number of carbonyl (C=O) groups excluding carboxylic acids is 1. The maximum atomic E-state index is 14.4. The van der Waals surface area contributed by atoms with Gasteiger partial charge >= 0.3 is 0 Å². The van der Waals surface area contributed by atoms with Gasteiger partial charge in [0.2, 0.25) is 5.90 Å². The molecule has 3 N–H and O–H groups in total. The number of azide groups is 1. The topological polar surface area (TPSA) is 141 Å². The predicted octanol–water partition coefficient (Wildman–Crippen LogP) is 7.02. The predicted molar refractivity (Wildman–Crippen MR) is 174 cm³/mol. The second kappa shape index (κ2) is 14.9. The lowest BCUT2D eigenvalue weighted by Crippen LogP contribution is -2.53. The van der Waals surface area contributed by atoms with Crippen molar-refractivity contribution in [2.45, 2.75) is 31.0 Å². The molecule has 45 heavy (non-hydrogen) atoms. The molecule has 0 spiro atoms. The number of aliphatic imine (C=N–C) groups is 1. The molecule has 4 aromatic carbocycles. The Morgan fingerprint density at radius 1 is 1.02 bits per heavy atom. The van der Waals surface area contributed by atoms with Gasteiger partial charge < -0.3 is 14.6 Å². The molecule has 0 bridgehead atoms. The molecule has 1 aliphatic rings.